The lowest BCUT2D eigenvalue weighted by atomic mass is 10.1. The minimum absolute atomic E-state index is 0.101. The third kappa shape index (κ3) is 4.16. The second-order valence-electron chi connectivity index (χ2n) is 6.99. The Morgan fingerprint density at radius 3 is 2.86 bits per heavy atom. The quantitative estimate of drug-likeness (QED) is 0.468. The first-order valence-corrected chi connectivity index (χ1v) is 9.97. The average molecular weight is 395 g/mol. The van der Waals surface area contributed by atoms with Gasteiger partial charge in [-0.2, -0.15) is 0 Å². The zero-order valence-corrected chi connectivity index (χ0v) is 16.3. The maximum atomic E-state index is 7.99. The van der Waals surface area contributed by atoms with E-state index in [0.717, 1.165) is 42.6 Å². The lowest BCUT2D eigenvalue weighted by Crippen LogP contribution is -2.18. The zero-order chi connectivity index (χ0) is 19.3. The number of fused-ring (bicyclic) bond motifs is 1. The number of hydrogen-bond donors (Lipinski definition) is 1. The van der Waals surface area contributed by atoms with Crippen LogP contribution in [0.1, 0.15) is 36.4 Å². The van der Waals surface area contributed by atoms with Crippen LogP contribution < -0.4 is 0 Å². The van der Waals surface area contributed by atoms with E-state index in [9.17, 15) is 0 Å². The number of nitrogens with one attached hydrogen (secondary N) is 1. The molecular weight excluding hydrogens is 372 g/mol. The van der Waals surface area contributed by atoms with E-state index >= 15 is 0 Å². The number of aromatic nitrogens is 2. The number of benzene rings is 1. The highest BCUT2D eigenvalue weighted by molar-refractivity contribution is 6.29. The van der Waals surface area contributed by atoms with Gasteiger partial charge in [-0.05, 0) is 43.0 Å². The maximum Gasteiger partial charge on any atom is 0.147 e. The van der Waals surface area contributed by atoms with Crippen LogP contribution in [0.2, 0.25) is 5.15 Å². The van der Waals surface area contributed by atoms with Gasteiger partial charge in [-0.3, -0.25) is 4.99 Å². The molecule has 2 aromatic heterocycles. The molecule has 3 heterocycles. The van der Waals surface area contributed by atoms with Gasteiger partial charge < -0.3 is 14.7 Å². The molecule has 3 aromatic rings. The van der Waals surface area contributed by atoms with Gasteiger partial charge in [0.1, 0.15) is 11.4 Å². The topological polar surface area (TPSA) is 63.3 Å². The highest BCUT2D eigenvalue weighted by Crippen LogP contribution is 2.26. The molecule has 144 valence electrons. The molecule has 1 saturated heterocycles. The first kappa shape index (κ1) is 18.8. The van der Waals surface area contributed by atoms with Crippen LogP contribution in [0.3, 0.4) is 0 Å². The number of hydrogen-bond acceptors (Lipinski definition) is 4. The number of pyridine rings is 1. The fourth-order valence-electron chi connectivity index (χ4n) is 3.59. The van der Waals surface area contributed by atoms with Gasteiger partial charge >= 0.3 is 0 Å². The maximum absolute atomic E-state index is 7.99. The van der Waals surface area contributed by atoms with E-state index in [0.29, 0.717) is 11.7 Å². The van der Waals surface area contributed by atoms with Crippen LogP contribution in [-0.2, 0) is 11.3 Å². The summed E-state index contributed by atoms with van der Waals surface area (Å²) < 4.78 is 7.89. The van der Waals surface area contributed by atoms with Crippen molar-refractivity contribution in [3.05, 3.63) is 64.9 Å². The Labute approximate surface area is 169 Å². The van der Waals surface area contributed by atoms with Gasteiger partial charge in [0.25, 0.3) is 0 Å². The van der Waals surface area contributed by atoms with E-state index in [1.54, 1.807) is 6.07 Å². The Balaban J connectivity index is 1.72. The third-order valence-electron chi connectivity index (χ3n) is 5.03. The Bertz CT molecular complexity index is 977. The highest BCUT2D eigenvalue weighted by Gasteiger charge is 2.18. The molecule has 0 aliphatic carbocycles. The second-order valence-corrected chi connectivity index (χ2v) is 7.38. The Morgan fingerprint density at radius 1 is 1.25 bits per heavy atom. The van der Waals surface area contributed by atoms with Gasteiger partial charge in [-0.15, -0.1) is 0 Å². The van der Waals surface area contributed by atoms with Crippen molar-refractivity contribution in [1.29, 1.82) is 5.41 Å². The standard InChI is InChI=1S/C22H23ClN4O/c23-21-10-9-19-18(26-21)12-20(27(19)15-16-6-2-1-3-7-16)17(13-24)14-25-22-8-4-5-11-28-22/h1-3,6-7,9-10,12-14,17,22,24H,4-5,8,11,15H2. The van der Waals surface area contributed by atoms with E-state index < -0.39 is 0 Å². The SMILES string of the molecule is N=CC(C=NC1CCCCO1)c1cc2nc(Cl)ccc2n1Cc1ccccc1. The van der Waals surface area contributed by atoms with Crippen LogP contribution in [0.4, 0.5) is 0 Å². The molecule has 6 heteroatoms. The third-order valence-corrected chi connectivity index (χ3v) is 5.24. The summed E-state index contributed by atoms with van der Waals surface area (Å²) in [5.74, 6) is -0.248. The molecule has 5 nitrogen and oxygen atoms in total. The minimum Gasteiger partial charge on any atom is -0.357 e. The van der Waals surface area contributed by atoms with E-state index in [1.807, 2.05) is 36.5 Å². The van der Waals surface area contributed by atoms with Crippen molar-refractivity contribution in [2.24, 2.45) is 4.99 Å². The normalized spacial score (nSPS) is 18.5. The summed E-state index contributed by atoms with van der Waals surface area (Å²) in [7, 11) is 0. The number of halogens is 1. The van der Waals surface area contributed by atoms with Gasteiger partial charge in [0, 0.05) is 31.3 Å². The molecule has 1 fully saturated rings. The van der Waals surface area contributed by atoms with E-state index in [-0.39, 0.29) is 12.1 Å². The molecule has 1 aliphatic heterocycles. The molecule has 2 atom stereocenters. The summed E-state index contributed by atoms with van der Waals surface area (Å²) in [5, 5.41) is 8.45. The van der Waals surface area contributed by atoms with Crippen molar-refractivity contribution in [2.45, 2.75) is 38.0 Å². The fourth-order valence-corrected chi connectivity index (χ4v) is 3.74. The summed E-state index contributed by atoms with van der Waals surface area (Å²) >= 11 is 6.11. The van der Waals surface area contributed by atoms with Gasteiger partial charge in [0.05, 0.1) is 17.0 Å². The van der Waals surface area contributed by atoms with Crippen LogP contribution in [0.25, 0.3) is 11.0 Å². The monoisotopic (exact) mass is 394 g/mol. The van der Waals surface area contributed by atoms with Gasteiger partial charge in [-0.25, -0.2) is 4.98 Å². The summed E-state index contributed by atoms with van der Waals surface area (Å²) in [5.41, 5.74) is 3.99. The van der Waals surface area contributed by atoms with E-state index in [2.05, 4.69) is 26.7 Å². The Morgan fingerprint density at radius 2 is 2.11 bits per heavy atom. The van der Waals surface area contributed by atoms with Crippen LogP contribution in [-0.4, -0.2) is 34.8 Å². The molecule has 4 rings (SSSR count). The summed E-state index contributed by atoms with van der Waals surface area (Å²) in [6.07, 6.45) is 6.32. The molecule has 0 amide bonds. The van der Waals surface area contributed by atoms with Crippen LogP contribution in [0.15, 0.2) is 53.5 Å². The van der Waals surface area contributed by atoms with Crippen molar-refractivity contribution in [1.82, 2.24) is 9.55 Å². The molecular formula is C22H23ClN4O. The lowest BCUT2D eigenvalue weighted by Gasteiger charge is -2.19. The van der Waals surface area contributed by atoms with E-state index in [1.165, 1.54) is 11.8 Å². The molecule has 2 unspecified atom stereocenters. The predicted octanol–water partition coefficient (Wildman–Crippen LogP) is 5.07. The predicted molar refractivity (Wildman–Crippen MR) is 114 cm³/mol. The molecule has 0 spiro atoms. The van der Waals surface area contributed by atoms with Crippen LogP contribution in [0.5, 0.6) is 0 Å². The van der Waals surface area contributed by atoms with Gasteiger partial charge in [-0.1, -0.05) is 41.9 Å². The number of ether oxygens (including phenoxy) is 1. The molecule has 1 aliphatic rings. The first-order valence-electron chi connectivity index (χ1n) is 9.59. The number of rotatable bonds is 6. The van der Waals surface area contributed by atoms with E-state index in [4.69, 9.17) is 21.7 Å². The Hall–Kier alpha value is -2.50. The average Bonchev–Trinajstić information content (AvgIpc) is 3.07. The Kier molecular flexibility index (Phi) is 5.84. The molecule has 1 aromatic carbocycles. The largest absolute Gasteiger partial charge is 0.357 e. The van der Waals surface area contributed by atoms with Gasteiger partial charge in [0.15, 0.2) is 0 Å². The molecule has 0 saturated carbocycles. The van der Waals surface area contributed by atoms with Gasteiger partial charge in [0.2, 0.25) is 0 Å². The molecule has 1 N–H and O–H groups in total. The first-order chi connectivity index (χ1) is 13.7. The molecule has 0 bridgehead atoms. The minimum atomic E-state index is -0.248. The second kappa shape index (κ2) is 8.67. The van der Waals surface area contributed by atoms with Crippen molar-refractivity contribution < 1.29 is 4.74 Å². The number of nitrogens with zero attached hydrogens (tertiary/aromatic N) is 3. The summed E-state index contributed by atoms with van der Waals surface area (Å²) in [4.78, 5) is 9.07. The summed E-state index contributed by atoms with van der Waals surface area (Å²) in [6, 6.07) is 16.1. The van der Waals surface area contributed by atoms with Crippen molar-refractivity contribution in [3.8, 4) is 0 Å². The molecule has 0 radical (unpaired) electrons. The zero-order valence-electron chi connectivity index (χ0n) is 15.6. The highest BCUT2D eigenvalue weighted by atomic mass is 35.5. The molecule has 28 heavy (non-hydrogen) atoms. The van der Waals surface area contributed by atoms with Crippen LogP contribution >= 0.6 is 11.6 Å². The fraction of sp³-hybridized carbons (Fsp3) is 0.318. The smallest absolute Gasteiger partial charge is 0.147 e. The van der Waals surface area contributed by atoms with Crippen LogP contribution in [0, 0.1) is 5.41 Å². The van der Waals surface area contributed by atoms with Crippen molar-refractivity contribution >= 4 is 35.1 Å². The lowest BCUT2D eigenvalue weighted by molar-refractivity contribution is 0.0226. The summed E-state index contributed by atoms with van der Waals surface area (Å²) in [6.45, 7) is 1.45. The van der Waals surface area contributed by atoms with Crippen molar-refractivity contribution in [3.63, 3.8) is 0 Å². The number of aliphatic imine (C=N–C) groups is 1. The van der Waals surface area contributed by atoms with Crippen molar-refractivity contribution in [2.75, 3.05) is 6.61 Å².